The molecular weight excluding hydrogens is 266 g/mol. The predicted octanol–water partition coefficient (Wildman–Crippen LogP) is 3.16. The molecule has 0 saturated heterocycles. The third-order valence-electron chi connectivity index (χ3n) is 3.02. The molecule has 0 amide bonds. The van der Waals surface area contributed by atoms with Crippen molar-refractivity contribution < 1.29 is 4.74 Å². The molecule has 0 bridgehead atoms. The number of rotatable bonds is 6. The van der Waals surface area contributed by atoms with Gasteiger partial charge in [-0.1, -0.05) is 35.0 Å². The van der Waals surface area contributed by atoms with Gasteiger partial charge in [0.2, 0.25) is 0 Å². The molecule has 0 radical (unpaired) electrons. The monoisotopic (exact) mass is 285 g/mol. The SMILES string of the molecule is COCCC(C)C(CN)c1ccc(Br)cc1. The molecule has 2 unspecified atom stereocenters. The van der Waals surface area contributed by atoms with Crippen LogP contribution in [0.15, 0.2) is 28.7 Å². The third kappa shape index (κ3) is 3.89. The molecule has 0 aromatic heterocycles. The largest absolute Gasteiger partial charge is 0.385 e. The molecule has 0 fully saturated rings. The normalized spacial score (nSPS) is 14.8. The van der Waals surface area contributed by atoms with Crippen molar-refractivity contribution in [2.24, 2.45) is 11.7 Å². The van der Waals surface area contributed by atoms with Crippen molar-refractivity contribution in [1.29, 1.82) is 0 Å². The smallest absolute Gasteiger partial charge is 0.0465 e. The van der Waals surface area contributed by atoms with Gasteiger partial charge >= 0.3 is 0 Å². The van der Waals surface area contributed by atoms with Crippen molar-refractivity contribution >= 4 is 15.9 Å². The number of ether oxygens (including phenoxy) is 1. The van der Waals surface area contributed by atoms with Crippen LogP contribution in [0.4, 0.5) is 0 Å². The molecule has 3 heteroatoms. The molecule has 90 valence electrons. The van der Waals surface area contributed by atoms with E-state index in [1.54, 1.807) is 7.11 Å². The van der Waals surface area contributed by atoms with Gasteiger partial charge in [-0.15, -0.1) is 0 Å². The third-order valence-corrected chi connectivity index (χ3v) is 3.54. The van der Waals surface area contributed by atoms with Gasteiger partial charge in [0.15, 0.2) is 0 Å². The number of halogens is 1. The van der Waals surface area contributed by atoms with E-state index in [4.69, 9.17) is 10.5 Å². The van der Waals surface area contributed by atoms with Crippen LogP contribution >= 0.6 is 15.9 Å². The average molecular weight is 286 g/mol. The van der Waals surface area contributed by atoms with Crippen LogP contribution in [0.1, 0.15) is 24.8 Å². The van der Waals surface area contributed by atoms with Crippen LogP contribution in [0.5, 0.6) is 0 Å². The van der Waals surface area contributed by atoms with Gasteiger partial charge in [0.25, 0.3) is 0 Å². The minimum absolute atomic E-state index is 0.420. The highest BCUT2D eigenvalue weighted by Crippen LogP contribution is 2.27. The Labute approximate surface area is 106 Å². The lowest BCUT2D eigenvalue weighted by molar-refractivity contribution is 0.174. The van der Waals surface area contributed by atoms with Gasteiger partial charge in [-0.3, -0.25) is 0 Å². The molecule has 0 aliphatic heterocycles. The van der Waals surface area contributed by atoms with E-state index in [1.807, 2.05) is 0 Å². The summed E-state index contributed by atoms with van der Waals surface area (Å²) in [6, 6.07) is 8.43. The Morgan fingerprint density at radius 1 is 1.31 bits per heavy atom. The van der Waals surface area contributed by atoms with Crippen LogP contribution in [0.3, 0.4) is 0 Å². The summed E-state index contributed by atoms with van der Waals surface area (Å²) in [6.07, 6.45) is 1.05. The molecular formula is C13H20BrNO. The minimum atomic E-state index is 0.420. The molecule has 1 rings (SSSR count). The molecule has 2 nitrogen and oxygen atoms in total. The lowest BCUT2D eigenvalue weighted by Gasteiger charge is -2.22. The van der Waals surface area contributed by atoms with Gasteiger partial charge in [0, 0.05) is 18.2 Å². The maximum Gasteiger partial charge on any atom is 0.0465 e. The van der Waals surface area contributed by atoms with Crippen molar-refractivity contribution in [3.63, 3.8) is 0 Å². The van der Waals surface area contributed by atoms with Crippen LogP contribution in [-0.2, 0) is 4.74 Å². The number of methoxy groups -OCH3 is 1. The first-order valence-electron chi connectivity index (χ1n) is 5.63. The van der Waals surface area contributed by atoms with Crippen LogP contribution in [0.25, 0.3) is 0 Å². The van der Waals surface area contributed by atoms with Crippen molar-refractivity contribution in [2.45, 2.75) is 19.3 Å². The van der Waals surface area contributed by atoms with E-state index in [-0.39, 0.29) is 0 Å². The molecule has 0 spiro atoms. The molecule has 2 atom stereocenters. The zero-order valence-corrected chi connectivity index (χ0v) is 11.5. The summed E-state index contributed by atoms with van der Waals surface area (Å²) >= 11 is 3.44. The van der Waals surface area contributed by atoms with Gasteiger partial charge in [0.05, 0.1) is 0 Å². The van der Waals surface area contributed by atoms with Crippen LogP contribution in [0, 0.1) is 5.92 Å². The van der Waals surface area contributed by atoms with Gasteiger partial charge in [-0.2, -0.15) is 0 Å². The summed E-state index contributed by atoms with van der Waals surface area (Å²) in [5.74, 6) is 0.967. The fraction of sp³-hybridized carbons (Fsp3) is 0.538. The summed E-state index contributed by atoms with van der Waals surface area (Å²) in [4.78, 5) is 0. The van der Waals surface area contributed by atoms with E-state index in [0.717, 1.165) is 17.5 Å². The van der Waals surface area contributed by atoms with E-state index in [9.17, 15) is 0 Å². The number of benzene rings is 1. The molecule has 2 N–H and O–H groups in total. The number of hydrogen-bond acceptors (Lipinski definition) is 2. The number of nitrogens with two attached hydrogens (primary N) is 1. The van der Waals surface area contributed by atoms with E-state index < -0.39 is 0 Å². The van der Waals surface area contributed by atoms with Gasteiger partial charge in [-0.25, -0.2) is 0 Å². The Bertz CT molecular complexity index is 299. The first-order valence-corrected chi connectivity index (χ1v) is 6.42. The zero-order valence-electron chi connectivity index (χ0n) is 9.95. The Hall–Kier alpha value is -0.380. The second-order valence-corrected chi connectivity index (χ2v) is 5.07. The van der Waals surface area contributed by atoms with Crippen molar-refractivity contribution in [3.05, 3.63) is 34.3 Å². The van der Waals surface area contributed by atoms with E-state index in [2.05, 4.69) is 47.1 Å². The van der Waals surface area contributed by atoms with Gasteiger partial charge in [0.1, 0.15) is 0 Å². The van der Waals surface area contributed by atoms with Gasteiger partial charge < -0.3 is 10.5 Å². The molecule has 1 aromatic rings. The molecule has 0 saturated carbocycles. The highest BCUT2D eigenvalue weighted by Gasteiger charge is 2.17. The minimum Gasteiger partial charge on any atom is -0.385 e. The maximum atomic E-state index is 5.86. The van der Waals surface area contributed by atoms with E-state index in [0.29, 0.717) is 18.4 Å². The predicted molar refractivity (Wildman–Crippen MR) is 71.6 cm³/mol. The van der Waals surface area contributed by atoms with Crippen LogP contribution in [0.2, 0.25) is 0 Å². The fourth-order valence-electron chi connectivity index (χ4n) is 1.91. The molecule has 1 aromatic carbocycles. The standard InChI is InChI=1S/C13H20BrNO/c1-10(7-8-16-2)13(9-15)11-3-5-12(14)6-4-11/h3-6,10,13H,7-9,15H2,1-2H3. The van der Waals surface area contributed by atoms with Crippen molar-refractivity contribution in [1.82, 2.24) is 0 Å². The highest BCUT2D eigenvalue weighted by atomic mass is 79.9. The van der Waals surface area contributed by atoms with E-state index in [1.165, 1.54) is 5.56 Å². The second kappa shape index (κ2) is 7.05. The fourth-order valence-corrected chi connectivity index (χ4v) is 2.18. The van der Waals surface area contributed by atoms with Crippen LogP contribution in [-0.4, -0.2) is 20.3 Å². The Morgan fingerprint density at radius 3 is 2.44 bits per heavy atom. The Morgan fingerprint density at radius 2 is 1.94 bits per heavy atom. The molecule has 0 aliphatic rings. The highest BCUT2D eigenvalue weighted by molar-refractivity contribution is 9.10. The van der Waals surface area contributed by atoms with Crippen molar-refractivity contribution in [2.75, 3.05) is 20.3 Å². The van der Waals surface area contributed by atoms with Gasteiger partial charge in [-0.05, 0) is 42.5 Å². The van der Waals surface area contributed by atoms with Crippen molar-refractivity contribution in [3.8, 4) is 0 Å². The molecule has 0 heterocycles. The topological polar surface area (TPSA) is 35.2 Å². The Balaban J connectivity index is 2.69. The molecule has 0 aliphatic carbocycles. The first kappa shape index (κ1) is 13.7. The number of hydrogen-bond donors (Lipinski definition) is 1. The Kier molecular flexibility index (Phi) is 6.03. The molecule has 16 heavy (non-hydrogen) atoms. The second-order valence-electron chi connectivity index (χ2n) is 4.15. The quantitative estimate of drug-likeness (QED) is 0.871. The lowest BCUT2D eigenvalue weighted by Crippen LogP contribution is -2.20. The summed E-state index contributed by atoms with van der Waals surface area (Å²) in [5, 5.41) is 0. The average Bonchev–Trinajstić information content (AvgIpc) is 2.30. The lowest BCUT2D eigenvalue weighted by atomic mass is 9.85. The summed E-state index contributed by atoms with van der Waals surface area (Å²) in [5.41, 5.74) is 7.18. The summed E-state index contributed by atoms with van der Waals surface area (Å²) in [6.45, 7) is 3.72. The zero-order chi connectivity index (χ0) is 12.0. The maximum absolute atomic E-state index is 5.86. The van der Waals surface area contributed by atoms with Crippen LogP contribution < -0.4 is 5.73 Å². The summed E-state index contributed by atoms with van der Waals surface area (Å²) < 4.78 is 6.22. The summed E-state index contributed by atoms with van der Waals surface area (Å²) in [7, 11) is 1.74. The van der Waals surface area contributed by atoms with E-state index >= 15 is 0 Å². The first-order chi connectivity index (χ1) is 7.69.